The van der Waals surface area contributed by atoms with Crippen molar-refractivity contribution >= 4 is 51.4 Å². The van der Waals surface area contributed by atoms with Crippen LogP contribution in [-0.4, -0.2) is 51.3 Å². The monoisotopic (exact) mass is 501 g/mol. The van der Waals surface area contributed by atoms with Gasteiger partial charge in [-0.3, -0.25) is 14.5 Å². The molecule has 8 nitrogen and oxygen atoms in total. The first kappa shape index (κ1) is 23.9. The Kier molecular flexibility index (Phi) is 6.40. The number of hydrogen-bond donors (Lipinski definition) is 3. The summed E-state index contributed by atoms with van der Waals surface area (Å²) in [6, 6.07) is 20.2. The standard InChI is InChI=1S/C27H27N5O3S/c1-27(19-12-11-17-7-3-4-8-18(17)15-19)25(34)32(26(35)31-27)16-23(33)28-22(13-14-36-2)24-29-20-9-5-6-10-21(20)30-24/h3-12,15,22H,13-14,16H2,1-2H3,(H,28,33)(H,29,30)(H,31,35)/t22-,27-/m1/s1. The van der Waals surface area contributed by atoms with Crippen molar-refractivity contribution in [2.24, 2.45) is 0 Å². The van der Waals surface area contributed by atoms with Gasteiger partial charge in [-0.2, -0.15) is 11.8 Å². The van der Waals surface area contributed by atoms with E-state index in [1.807, 2.05) is 73.0 Å². The molecule has 0 bridgehead atoms. The Bertz CT molecular complexity index is 1440. The number of H-pyrrole nitrogens is 1. The number of nitrogens with one attached hydrogen (secondary N) is 3. The maximum absolute atomic E-state index is 13.4. The number of rotatable bonds is 8. The zero-order valence-electron chi connectivity index (χ0n) is 20.1. The molecule has 0 spiro atoms. The third kappa shape index (κ3) is 4.42. The topological polar surface area (TPSA) is 107 Å². The summed E-state index contributed by atoms with van der Waals surface area (Å²) in [5, 5.41) is 7.77. The Hall–Kier alpha value is -3.85. The Balaban J connectivity index is 1.33. The number of carbonyl (C=O) groups is 3. The number of hydrogen-bond acceptors (Lipinski definition) is 5. The summed E-state index contributed by atoms with van der Waals surface area (Å²) < 4.78 is 0. The number of thioether (sulfide) groups is 1. The second kappa shape index (κ2) is 9.66. The first-order valence-corrected chi connectivity index (χ1v) is 13.1. The van der Waals surface area contributed by atoms with Crippen LogP contribution in [0.2, 0.25) is 0 Å². The van der Waals surface area contributed by atoms with Crippen molar-refractivity contribution < 1.29 is 14.4 Å². The lowest BCUT2D eigenvalue weighted by atomic mass is 9.90. The summed E-state index contributed by atoms with van der Waals surface area (Å²) in [5.74, 6) is 0.581. The lowest BCUT2D eigenvalue weighted by Crippen LogP contribution is -2.44. The van der Waals surface area contributed by atoms with E-state index in [1.54, 1.807) is 18.7 Å². The number of nitrogens with zero attached hydrogens (tertiary/aromatic N) is 2. The molecule has 5 rings (SSSR count). The quantitative estimate of drug-likeness (QED) is 0.315. The van der Waals surface area contributed by atoms with E-state index in [9.17, 15) is 14.4 Å². The molecule has 0 saturated carbocycles. The summed E-state index contributed by atoms with van der Waals surface area (Å²) in [4.78, 5) is 48.1. The third-order valence-corrected chi connectivity index (χ3v) is 7.23. The van der Waals surface area contributed by atoms with Crippen LogP contribution in [0.25, 0.3) is 21.8 Å². The average Bonchev–Trinajstić information content (AvgIpc) is 3.41. The van der Waals surface area contributed by atoms with Gasteiger partial charge in [-0.05, 0) is 59.9 Å². The predicted molar refractivity (Wildman–Crippen MR) is 142 cm³/mol. The van der Waals surface area contributed by atoms with Crippen molar-refractivity contribution in [1.82, 2.24) is 25.5 Å². The molecular formula is C27H27N5O3S. The number of carbonyl (C=O) groups excluding carboxylic acids is 3. The molecule has 4 aromatic rings. The Morgan fingerprint density at radius 2 is 1.83 bits per heavy atom. The van der Waals surface area contributed by atoms with Crippen LogP contribution >= 0.6 is 11.8 Å². The fourth-order valence-corrected chi connectivity index (χ4v) is 5.04. The molecule has 0 radical (unpaired) electrons. The van der Waals surface area contributed by atoms with E-state index >= 15 is 0 Å². The molecule has 1 aliphatic heterocycles. The molecule has 3 aromatic carbocycles. The highest BCUT2D eigenvalue weighted by molar-refractivity contribution is 7.98. The van der Waals surface area contributed by atoms with Crippen molar-refractivity contribution in [3.05, 3.63) is 78.1 Å². The van der Waals surface area contributed by atoms with Crippen LogP contribution in [0.4, 0.5) is 4.79 Å². The first-order valence-electron chi connectivity index (χ1n) is 11.8. The number of urea groups is 1. The molecule has 3 N–H and O–H groups in total. The molecule has 0 unspecified atom stereocenters. The fraction of sp³-hybridized carbons (Fsp3) is 0.259. The van der Waals surface area contributed by atoms with Gasteiger partial charge in [0, 0.05) is 0 Å². The first-order chi connectivity index (χ1) is 17.4. The maximum atomic E-state index is 13.4. The van der Waals surface area contributed by atoms with Gasteiger partial charge in [0.2, 0.25) is 5.91 Å². The van der Waals surface area contributed by atoms with Gasteiger partial charge in [-0.15, -0.1) is 0 Å². The van der Waals surface area contributed by atoms with Crippen molar-refractivity contribution in [3.63, 3.8) is 0 Å². The normalized spacial score (nSPS) is 18.6. The highest BCUT2D eigenvalue weighted by Crippen LogP contribution is 2.31. The minimum Gasteiger partial charge on any atom is -0.345 e. The average molecular weight is 502 g/mol. The van der Waals surface area contributed by atoms with E-state index in [2.05, 4.69) is 20.6 Å². The highest BCUT2D eigenvalue weighted by Gasteiger charge is 2.49. The van der Waals surface area contributed by atoms with Crippen molar-refractivity contribution in [1.29, 1.82) is 0 Å². The molecule has 1 fully saturated rings. The third-order valence-electron chi connectivity index (χ3n) is 6.59. The van der Waals surface area contributed by atoms with E-state index < -0.39 is 23.4 Å². The second-order valence-electron chi connectivity index (χ2n) is 9.05. The number of imide groups is 1. The van der Waals surface area contributed by atoms with E-state index in [4.69, 9.17) is 0 Å². The summed E-state index contributed by atoms with van der Waals surface area (Å²) in [6.07, 6.45) is 2.65. The van der Waals surface area contributed by atoms with Crippen molar-refractivity contribution in [2.45, 2.75) is 24.9 Å². The second-order valence-corrected chi connectivity index (χ2v) is 10.0. The predicted octanol–water partition coefficient (Wildman–Crippen LogP) is 4.09. The van der Waals surface area contributed by atoms with Gasteiger partial charge in [0.1, 0.15) is 17.9 Å². The zero-order chi connectivity index (χ0) is 25.3. The fourth-order valence-electron chi connectivity index (χ4n) is 4.57. The van der Waals surface area contributed by atoms with Crippen LogP contribution in [0, 0.1) is 0 Å². The minimum atomic E-state index is -1.25. The molecule has 9 heteroatoms. The number of fused-ring (bicyclic) bond motifs is 2. The number of aromatic amines is 1. The maximum Gasteiger partial charge on any atom is 0.325 e. The van der Waals surface area contributed by atoms with E-state index in [-0.39, 0.29) is 12.6 Å². The highest BCUT2D eigenvalue weighted by atomic mass is 32.2. The van der Waals surface area contributed by atoms with Gasteiger partial charge in [-0.25, -0.2) is 9.78 Å². The molecule has 4 amide bonds. The molecule has 1 aliphatic rings. The van der Waals surface area contributed by atoms with Crippen molar-refractivity contribution in [3.8, 4) is 0 Å². The van der Waals surface area contributed by atoms with Gasteiger partial charge in [-0.1, -0.05) is 48.5 Å². The molecule has 36 heavy (non-hydrogen) atoms. The summed E-state index contributed by atoms with van der Waals surface area (Å²) in [5.41, 5.74) is 1.12. The summed E-state index contributed by atoms with van der Waals surface area (Å²) >= 11 is 1.67. The smallest absolute Gasteiger partial charge is 0.325 e. The molecule has 1 saturated heterocycles. The Morgan fingerprint density at radius 1 is 1.08 bits per heavy atom. The number of imidazole rings is 1. The van der Waals surface area contributed by atoms with Crippen LogP contribution in [-0.2, 0) is 15.1 Å². The molecule has 2 heterocycles. The van der Waals surface area contributed by atoms with Gasteiger partial charge in [0.05, 0.1) is 17.1 Å². The van der Waals surface area contributed by atoms with Crippen LogP contribution in [0.1, 0.15) is 30.8 Å². The van der Waals surface area contributed by atoms with E-state index in [0.29, 0.717) is 17.8 Å². The number of amides is 4. The van der Waals surface area contributed by atoms with Crippen LogP contribution in [0.3, 0.4) is 0 Å². The molecule has 184 valence electrons. The summed E-state index contributed by atoms with van der Waals surface area (Å²) in [6.45, 7) is 1.30. The number of para-hydroxylation sites is 2. The Morgan fingerprint density at radius 3 is 2.61 bits per heavy atom. The number of benzene rings is 3. The van der Waals surface area contributed by atoms with Crippen LogP contribution < -0.4 is 10.6 Å². The minimum absolute atomic E-state index is 0.370. The lowest BCUT2D eigenvalue weighted by Gasteiger charge is -2.23. The van der Waals surface area contributed by atoms with E-state index in [1.165, 1.54) is 0 Å². The van der Waals surface area contributed by atoms with Crippen LogP contribution in [0.5, 0.6) is 0 Å². The number of aromatic nitrogens is 2. The molecular weight excluding hydrogens is 474 g/mol. The molecule has 0 aliphatic carbocycles. The summed E-state index contributed by atoms with van der Waals surface area (Å²) in [7, 11) is 0. The van der Waals surface area contributed by atoms with Gasteiger partial charge in [0.25, 0.3) is 5.91 Å². The zero-order valence-corrected chi connectivity index (χ0v) is 20.9. The Labute approximate surface area is 212 Å². The van der Waals surface area contributed by atoms with Gasteiger partial charge < -0.3 is 15.6 Å². The van der Waals surface area contributed by atoms with E-state index in [0.717, 1.165) is 32.5 Å². The molecule has 2 atom stereocenters. The van der Waals surface area contributed by atoms with Gasteiger partial charge in [0.15, 0.2) is 0 Å². The van der Waals surface area contributed by atoms with Gasteiger partial charge >= 0.3 is 6.03 Å². The molecule has 1 aromatic heterocycles. The van der Waals surface area contributed by atoms with Crippen molar-refractivity contribution in [2.75, 3.05) is 18.6 Å². The lowest BCUT2D eigenvalue weighted by molar-refractivity contribution is -0.135. The van der Waals surface area contributed by atoms with Crippen LogP contribution in [0.15, 0.2) is 66.7 Å². The SMILES string of the molecule is CSCC[C@@H](NC(=O)CN1C(=O)N[C@](C)(c2ccc3ccccc3c2)C1=O)c1nc2ccccc2[nH]1. The largest absolute Gasteiger partial charge is 0.345 e.